The van der Waals surface area contributed by atoms with Crippen LogP contribution in [0.3, 0.4) is 0 Å². The van der Waals surface area contributed by atoms with Gasteiger partial charge >= 0.3 is 0 Å². The molecule has 21 nitrogen and oxygen atoms in total. The number of primary amides is 1. The van der Waals surface area contributed by atoms with Gasteiger partial charge in [-0.3, -0.25) is 38.6 Å². The highest BCUT2D eigenvalue weighted by molar-refractivity contribution is 5.98. The van der Waals surface area contributed by atoms with E-state index in [1.165, 1.54) is 12.5 Å². The van der Waals surface area contributed by atoms with Gasteiger partial charge in [0.05, 0.1) is 18.8 Å². The highest BCUT2D eigenvalue weighted by Crippen LogP contribution is 2.21. The lowest BCUT2D eigenvalue weighted by molar-refractivity contribution is -0.135. The number of hydrogen-bond acceptors (Lipinski definition) is 10. The Morgan fingerprint density at radius 3 is 2.09 bits per heavy atom. The van der Waals surface area contributed by atoms with Gasteiger partial charge in [-0.1, -0.05) is 60.7 Å². The number of hydrogen-bond donors (Lipinski definition) is 12. The number of aliphatic imine (C=N–C) groups is 1. The van der Waals surface area contributed by atoms with Crippen LogP contribution in [0.5, 0.6) is 0 Å². The Kier molecular flexibility index (Phi) is 17.0. The van der Waals surface area contributed by atoms with Crippen molar-refractivity contribution in [3.05, 3.63) is 102 Å². The standard InChI is InChI=1S/C46H58N14O7/c47-32-22-39(61)52-16-6-5-12-34(40(48)62)56-44(66)37(20-29-23-54-33-11-4-3-10-31(29)33)60-42(64)35(13-7-17-53-46(49)50)57-43(65)36(19-26-14-15-27-8-1-2-9-28(27)18-26)59-45(67)38(58-41(32)63)21-30-24-51-25-55-30/h1-4,8-11,14-15,18,23-25,32,34-38,54H,5-7,12-13,16-17,19-22,47H2,(H2,48,62)(H,51,55)(H,52,61)(H,56,66)(H,57,65)(H,58,63)(H,59,67)(H,60,64)(H4,49,50,53)/t32?,34-,35-,36+,37-,38-/m0/s1. The second-order valence-corrected chi connectivity index (χ2v) is 16.5. The minimum absolute atomic E-state index is 0.0144. The van der Waals surface area contributed by atoms with Crippen molar-refractivity contribution in [2.24, 2.45) is 27.9 Å². The third-order valence-electron chi connectivity index (χ3n) is 11.5. The fourth-order valence-corrected chi connectivity index (χ4v) is 7.86. The van der Waals surface area contributed by atoms with Gasteiger partial charge in [-0.05, 0) is 60.1 Å². The number of nitrogens with zero attached hydrogens (tertiary/aromatic N) is 2. The summed E-state index contributed by atoms with van der Waals surface area (Å²) in [5, 5.41) is 19.1. The topological polar surface area (TPSA) is 353 Å². The van der Waals surface area contributed by atoms with E-state index in [2.05, 4.69) is 51.8 Å². The van der Waals surface area contributed by atoms with Gasteiger partial charge in [-0.2, -0.15) is 0 Å². The lowest BCUT2D eigenvalue weighted by atomic mass is 9.99. The summed E-state index contributed by atoms with van der Waals surface area (Å²) in [6, 6.07) is 12.8. The number of H-pyrrole nitrogens is 2. The molecule has 1 aliphatic heterocycles. The average molecular weight is 919 g/mol. The fraction of sp³-hybridized carbons (Fsp3) is 0.370. The second kappa shape index (κ2) is 23.4. The Hall–Kier alpha value is -7.81. The average Bonchev–Trinajstić information content (AvgIpc) is 3.98. The first-order valence-electron chi connectivity index (χ1n) is 22.1. The molecule has 16 N–H and O–H groups in total. The summed E-state index contributed by atoms with van der Waals surface area (Å²) in [5.41, 5.74) is 25.7. The van der Waals surface area contributed by atoms with Crippen molar-refractivity contribution < 1.29 is 33.6 Å². The fourth-order valence-electron chi connectivity index (χ4n) is 7.86. The number of aromatic nitrogens is 3. The number of nitrogens with two attached hydrogens (primary N) is 4. The molecule has 6 rings (SSSR count). The molecular weight excluding hydrogens is 861 g/mol. The highest BCUT2D eigenvalue weighted by Gasteiger charge is 2.34. The van der Waals surface area contributed by atoms with Crippen LogP contribution in [0.1, 0.15) is 55.3 Å². The molecule has 3 heterocycles. The Labute approximate surface area is 385 Å². The summed E-state index contributed by atoms with van der Waals surface area (Å²) in [6.45, 7) is 0.248. The predicted molar refractivity (Wildman–Crippen MR) is 250 cm³/mol. The quantitative estimate of drug-likeness (QED) is 0.0436. The molecule has 0 aliphatic carbocycles. The maximum Gasteiger partial charge on any atom is 0.243 e. The van der Waals surface area contributed by atoms with E-state index in [9.17, 15) is 33.6 Å². The molecule has 1 unspecified atom stereocenters. The van der Waals surface area contributed by atoms with Crippen LogP contribution in [0.25, 0.3) is 21.7 Å². The monoisotopic (exact) mass is 918 g/mol. The molecule has 2 aromatic heterocycles. The van der Waals surface area contributed by atoms with Crippen molar-refractivity contribution in [1.29, 1.82) is 0 Å². The third-order valence-corrected chi connectivity index (χ3v) is 11.5. The molecule has 0 spiro atoms. The third kappa shape index (κ3) is 14.1. The number of aromatic amines is 2. The molecule has 0 bridgehead atoms. The molecule has 6 atom stereocenters. The van der Waals surface area contributed by atoms with Gasteiger partial charge in [0, 0.05) is 61.3 Å². The first-order valence-corrected chi connectivity index (χ1v) is 22.1. The van der Waals surface area contributed by atoms with Crippen LogP contribution in [0.2, 0.25) is 0 Å². The van der Waals surface area contributed by atoms with Crippen LogP contribution < -0.4 is 54.8 Å². The minimum atomic E-state index is -1.36. The smallest absolute Gasteiger partial charge is 0.243 e. The van der Waals surface area contributed by atoms with Crippen molar-refractivity contribution in [2.45, 2.75) is 94.0 Å². The molecule has 0 radical (unpaired) electrons. The van der Waals surface area contributed by atoms with Crippen molar-refractivity contribution in [3.8, 4) is 0 Å². The van der Waals surface area contributed by atoms with Crippen LogP contribution in [0.4, 0.5) is 0 Å². The maximum atomic E-state index is 14.7. The molecule has 1 fully saturated rings. The highest BCUT2D eigenvalue weighted by atomic mass is 16.2. The molecule has 0 saturated carbocycles. The summed E-state index contributed by atoms with van der Waals surface area (Å²) in [5.74, 6) is -5.33. The number of para-hydroxylation sites is 1. The number of benzene rings is 3. The van der Waals surface area contributed by atoms with Gasteiger partial charge in [0.2, 0.25) is 41.4 Å². The predicted octanol–water partition coefficient (Wildman–Crippen LogP) is -0.948. The molecule has 67 heavy (non-hydrogen) atoms. The van der Waals surface area contributed by atoms with Gasteiger partial charge in [-0.15, -0.1) is 0 Å². The SMILES string of the molecule is NC(=O)[C@@H]1CCCCNC(=O)CC(N)C(=O)N[C@@H](Cc2cnc[nH]2)C(=O)N[C@H](Cc2ccc3ccccc3c2)C(=O)N[C@@H](CCCN=C(N)N)C(=O)N[C@@H](Cc2c[nH]c3ccccc23)C(=O)N1. The van der Waals surface area contributed by atoms with E-state index in [0.29, 0.717) is 29.7 Å². The number of amides is 7. The Morgan fingerprint density at radius 1 is 0.701 bits per heavy atom. The van der Waals surface area contributed by atoms with E-state index >= 15 is 0 Å². The van der Waals surface area contributed by atoms with Gasteiger partial charge in [0.25, 0.3) is 0 Å². The first-order chi connectivity index (χ1) is 32.2. The van der Waals surface area contributed by atoms with Crippen molar-refractivity contribution in [2.75, 3.05) is 13.1 Å². The van der Waals surface area contributed by atoms with Gasteiger partial charge < -0.3 is 64.8 Å². The second-order valence-electron chi connectivity index (χ2n) is 16.5. The van der Waals surface area contributed by atoms with E-state index in [4.69, 9.17) is 22.9 Å². The molecule has 5 aromatic rings. The zero-order valence-corrected chi connectivity index (χ0v) is 36.9. The summed E-state index contributed by atoms with van der Waals surface area (Å²) in [6.07, 6.45) is 5.00. The van der Waals surface area contributed by atoms with E-state index in [1.807, 2.05) is 66.7 Å². The molecule has 21 heteroatoms. The number of carbonyl (C=O) groups is 7. The summed E-state index contributed by atoms with van der Waals surface area (Å²) < 4.78 is 0. The summed E-state index contributed by atoms with van der Waals surface area (Å²) >= 11 is 0. The van der Waals surface area contributed by atoms with Crippen molar-refractivity contribution in [3.63, 3.8) is 0 Å². The van der Waals surface area contributed by atoms with E-state index < -0.39 is 84.0 Å². The number of imidazole rings is 1. The summed E-state index contributed by atoms with van der Waals surface area (Å²) in [4.78, 5) is 111. The Balaban J connectivity index is 1.37. The largest absolute Gasteiger partial charge is 0.370 e. The van der Waals surface area contributed by atoms with Crippen LogP contribution >= 0.6 is 0 Å². The molecular formula is C46H58N14O7. The van der Waals surface area contributed by atoms with Crippen LogP contribution in [-0.4, -0.2) is 112 Å². The zero-order chi connectivity index (χ0) is 47.9. The molecule has 354 valence electrons. The molecule has 3 aromatic carbocycles. The first kappa shape index (κ1) is 48.6. The van der Waals surface area contributed by atoms with Crippen molar-refractivity contribution >= 4 is 69.0 Å². The lowest BCUT2D eigenvalue weighted by Crippen LogP contribution is -2.60. The van der Waals surface area contributed by atoms with Crippen LogP contribution in [0, 0.1) is 0 Å². The van der Waals surface area contributed by atoms with E-state index in [-0.39, 0.29) is 57.6 Å². The number of rotatable bonds is 11. The van der Waals surface area contributed by atoms with E-state index in [1.54, 1.807) is 6.20 Å². The molecule has 7 amide bonds. The maximum absolute atomic E-state index is 14.7. The van der Waals surface area contributed by atoms with Crippen LogP contribution in [0.15, 0.2) is 90.4 Å². The number of nitrogens with one attached hydrogen (secondary N) is 8. The van der Waals surface area contributed by atoms with Gasteiger partial charge in [-0.25, -0.2) is 4.98 Å². The summed E-state index contributed by atoms with van der Waals surface area (Å²) in [7, 11) is 0. The van der Waals surface area contributed by atoms with Gasteiger partial charge in [0.1, 0.15) is 30.2 Å². The number of carbonyl (C=O) groups excluding carboxylic acids is 7. The number of guanidine groups is 1. The Bertz CT molecular complexity index is 2570. The minimum Gasteiger partial charge on any atom is -0.370 e. The lowest BCUT2D eigenvalue weighted by Gasteiger charge is -2.27. The van der Waals surface area contributed by atoms with E-state index in [0.717, 1.165) is 21.7 Å². The number of fused-ring (bicyclic) bond motifs is 2. The molecule has 1 aliphatic rings. The molecule has 1 saturated heterocycles. The normalized spacial score (nSPS) is 22.1. The Morgan fingerprint density at radius 2 is 1.36 bits per heavy atom. The van der Waals surface area contributed by atoms with Gasteiger partial charge in [0.15, 0.2) is 5.96 Å². The van der Waals surface area contributed by atoms with Crippen LogP contribution in [-0.2, 0) is 52.8 Å². The zero-order valence-electron chi connectivity index (χ0n) is 36.9. The van der Waals surface area contributed by atoms with Crippen molar-refractivity contribution in [1.82, 2.24) is 46.9 Å².